The Labute approximate surface area is 175 Å². The highest BCUT2D eigenvalue weighted by Crippen LogP contribution is 2.18. The Hall–Kier alpha value is -1.89. The second kappa shape index (κ2) is 17.0. The lowest BCUT2D eigenvalue weighted by Gasteiger charge is -2.39. The van der Waals surface area contributed by atoms with E-state index in [0.717, 1.165) is 38.6 Å². The Kier molecular flexibility index (Phi) is 15.9. The molecule has 0 unspecified atom stereocenters. The van der Waals surface area contributed by atoms with Gasteiger partial charge in [0.25, 0.3) is 0 Å². The van der Waals surface area contributed by atoms with Crippen LogP contribution in [-0.4, -0.2) is 58.8 Å². The van der Waals surface area contributed by atoms with Crippen molar-refractivity contribution in [2.24, 2.45) is 0 Å². The van der Waals surface area contributed by atoms with Gasteiger partial charge in [0.15, 0.2) is 0 Å². The van der Waals surface area contributed by atoms with E-state index in [1.807, 2.05) is 6.08 Å². The second-order valence-electron chi connectivity index (χ2n) is 7.90. The number of unbranched alkanes of at least 4 members (excludes halogenated alkanes) is 6. The maximum atomic E-state index is 10.9. The minimum Gasteiger partial charge on any atom is -0.550 e. The van der Waals surface area contributed by atoms with Crippen molar-refractivity contribution in [1.82, 2.24) is 0 Å². The van der Waals surface area contributed by atoms with Gasteiger partial charge in [-0.05, 0) is 32.1 Å². The monoisotopic (exact) mass is 413 g/mol. The largest absolute Gasteiger partial charge is 0.550 e. The van der Waals surface area contributed by atoms with Gasteiger partial charge in [-0.2, -0.15) is 0 Å². The fourth-order valence-corrected chi connectivity index (χ4v) is 3.80. The maximum absolute atomic E-state index is 10.9. The zero-order chi connectivity index (χ0) is 22.0. The molecule has 0 spiro atoms. The summed E-state index contributed by atoms with van der Waals surface area (Å²) >= 11 is 0. The van der Waals surface area contributed by atoms with Crippen molar-refractivity contribution >= 4 is 17.9 Å². The van der Waals surface area contributed by atoms with Crippen LogP contribution in [0.1, 0.15) is 83.5 Å². The molecule has 0 aliphatic rings. The lowest BCUT2D eigenvalue weighted by atomic mass is 10.1. The van der Waals surface area contributed by atoms with Crippen LogP contribution in [0.5, 0.6) is 0 Å². The standard InChI is InChI=1S/C22H39NO6/c1-2-3-4-5-6-7-8-9-16-23(17-10-13-20(24)25,18-11-14-21(26)27)19-12-15-22(28)29/h2H,1,3-19H2,(H2-,24,25,26,27,28,29). The van der Waals surface area contributed by atoms with Crippen molar-refractivity contribution in [1.29, 1.82) is 0 Å². The molecule has 168 valence electrons. The van der Waals surface area contributed by atoms with Gasteiger partial charge in [-0.15, -0.1) is 6.58 Å². The Balaban J connectivity index is 4.74. The summed E-state index contributed by atoms with van der Waals surface area (Å²) in [6.45, 7) is 6.45. The zero-order valence-electron chi connectivity index (χ0n) is 17.8. The normalized spacial score (nSPS) is 11.3. The van der Waals surface area contributed by atoms with Gasteiger partial charge in [-0.3, -0.25) is 9.59 Å². The number of rotatable bonds is 21. The first-order chi connectivity index (χ1) is 13.8. The molecular weight excluding hydrogens is 374 g/mol. The molecule has 0 rings (SSSR count). The fourth-order valence-electron chi connectivity index (χ4n) is 3.80. The molecule has 0 amide bonds. The molecule has 0 bridgehead atoms. The first kappa shape index (κ1) is 27.1. The van der Waals surface area contributed by atoms with Crippen molar-refractivity contribution < 1.29 is 34.2 Å². The molecule has 0 aromatic rings. The first-order valence-electron chi connectivity index (χ1n) is 10.9. The average Bonchev–Trinajstić information content (AvgIpc) is 2.63. The number of allylic oxidation sites excluding steroid dienone is 1. The van der Waals surface area contributed by atoms with Gasteiger partial charge in [-0.25, -0.2) is 0 Å². The van der Waals surface area contributed by atoms with E-state index in [9.17, 15) is 19.5 Å². The minimum absolute atomic E-state index is 0.0266. The average molecular weight is 414 g/mol. The molecule has 7 nitrogen and oxygen atoms in total. The van der Waals surface area contributed by atoms with Crippen LogP contribution >= 0.6 is 0 Å². The highest BCUT2D eigenvalue weighted by atomic mass is 16.4. The summed E-state index contributed by atoms with van der Waals surface area (Å²) in [7, 11) is 0. The molecule has 0 heterocycles. The number of carbonyl (C=O) groups excluding carboxylic acids is 1. The number of hydrogen-bond donors (Lipinski definition) is 2. The van der Waals surface area contributed by atoms with Crippen molar-refractivity contribution in [2.75, 3.05) is 26.2 Å². The van der Waals surface area contributed by atoms with Crippen LogP contribution in [0.3, 0.4) is 0 Å². The number of quaternary nitrogens is 1. The van der Waals surface area contributed by atoms with E-state index in [1.165, 1.54) is 12.8 Å². The third-order valence-corrected chi connectivity index (χ3v) is 5.35. The van der Waals surface area contributed by atoms with Crippen LogP contribution < -0.4 is 5.11 Å². The SMILES string of the molecule is C=CCCCCCCCC[N+](CCCC(=O)[O-])(CCCC(=O)O)CCCC(=O)O. The van der Waals surface area contributed by atoms with E-state index in [0.29, 0.717) is 43.4 Å². The summed E-state index contributed by atoms with van der Waals surface area (Å²) in [5.41, 5.74) is 0. The summed E-state index contributed by atoms with van der Waals surface area (Å²) in [5, 5.41) is 28.8. The molecule has 29 heavy (non-hydrogen) atoms. The van der Waals surface area contributed by atoms with Gasteiger partial charge in [0, 0.05) is 25.2 Å². The van der Waals surface area contributed by atoms with Gasteiger partial charge >= 0.3 is 11.9 Å². The van der Waals surface area contributed by atoms with Crippen LogP contribution in [0.15, 0.2) is 12.7 Å². The molecule has 0 fully saturated rings. The highest BCUT2D eigenvalue weighted by molar-refractivity contribution is 5.66. The molecule has 0 atom stereocenters. The molecule has 7 heteroatoms. The summed E-state index contributed by atoms with van der Waals surface area (Å²) in [4.78, 5) is 32.7. The quantitative estimate of drug-likeness (QED) is 0.170. The van der Waals surface area contributed by atoms with Crippen LogP contribution in [0.4, 0.5) is 0 Å². The number of hydrogen-bond acceptors (Lipinski definition) is 4. The van der Waals surface area contributed by atoms with Gasteiger partial charge < -0.3 is 24.6 Å². The highest BCUT2D eigenvalue weighted by Gasteiger charge is 2.26. The van der Waals surface area contributed by atoms with Crippen molar-refractivity contribution in [3.05, 3.63) is 12.7 Å². The van der Waals surface area contributed by atoms with Crippen molar-refractivity contribution in [3.8, 4) is 0 Å². The third kappa shape index (κ3) is 16.7. The van der Waals surface area contributed by atoms with Gasteiger partial charge in [0.05, 0.1) is 39.0 Å². The van der Waals surface area contributed by atoms with Crippen molar-refractivity contribution in [3.63, 3.8) is 0 Å². The summed E-state index contributed by atoms with van der Waals surface area (Å²) in [6, 6.07) is 0. The lowest BCUT2D eigenvalue weighted by Crippen LogP contribution is -2.51. The number of aliphatic carboxylic acids is 3. The molecule has 0 aromatic heterocycles. The van der Waals surface area contributed by atoms with E-state index < -0.39 is 17.9 Å². The molecule has 0 aliphatic heterocycles. The topological polar surface area (TPSA) is 115 Å². The van der Waals surface area contributed by atoms with Crippen molar-refractivity contribution in [2.45, 2.75) is 83.5 Å². The van der Waals surface area contributed by atoms with E-state index in [1.54, 1.807) is 0 Å². The number of carbonyl (C=O) groups is 3. The summed E-state index contributed by atoms with van der Waals surface area (Å²) < 4.78 is 0.601. The van der Waals surface area contributed by atoms with Crippen LogP contribution in [0.25, 0.3) is 0 Å². The molecule has 0 saturated heterocycles. The molecular formula is C22H39NO6. The number of carboxylic acid groups (broad SMARTS) is 3. The van der Waals surface area contributed by atoms with E-state index in [2.05, 4.69) is 6.58 Å². The van der Waals surface area contributed by atoms with Crippen LogP contribution in [-0.2, 0) is 14.4 Å². The number of nitrogens with zero attached hydrogens (tertiary/aromatic N) is 1. The van der Waals surface area contributed by atoms with Gasteiger partial charge in [0.2, 0.25) is 0 Å². The predicted molar refractivity (Wildman–Crippen MR) is 110 cm³/mol. The Bertz CT molecular complexity index is 441. The van der Waals surface area contributed by atoms with Crippen LogP contribution in [0.2, 0.25) is 0 Å². The number of carboxylic acids is 3. The predicted octanol–water partition coefficient (Wildman–Crippen LogP) is 2.98. The van der Waals surface area contributed by atoms with E-state index >= 15 is 0 Å². The molecule has 2 N–H and O–H groups in total. The summed E-state index contributed by atoms with van der Waals surface area (Å²) in [5.74, 6) is -2.77. The van der Waals surface area contributed by atoms with Gasteiger partial charge in [0.1, 0.15) is 0 Å². The molecule has 0 aliphatic carbocycles. The zero-order valence-corrected chi connectivity index (χ0v) is 17.8. The molecule has 0 radical (unpaired) electrons. The Morgan fingerprint density at radius 2 is 1.10 bits per heavy atom. The molecule has 0 aromatic carbocycles. The second-order valence-corrected chi connectivity index (χ2v) is 7.90. The first-order valence-corrected chi connectivity index (χ1v) is 10.9. The van der Waals surface area contributed by atoms with Crippen LogP contribution in [0, 0.1) is 0 Å². The Morgan fingerprint density at radius 1 is 0.690 bits per heavy atom. The lowest BCUT2D eigenvalue weighted by molar-refractivity contribution is -0.929. The van der Waals surface area contributed by atoms with E-state index in [4.69, 9.17) is 10.2 Å². The fraction of sp³-hybridized carbons (Fsp3) is 0.773. The van der Waals surface area contributed by atoms with E-state index in [-0.39, 0.29) is 19.3 Å². The Morgan fingerprint density at radius 3 is 1.55 bits per heavy atom. The van der Waals surface area contributed by atoms with Gasteiger partial charge in [-0.1, -0.05) is 25.3 Å². The third-order valence-electron chi connectivity index (χ3n) is 5.35. The summed E-state index contributed by atoms with van der Waals surface area (Å²) in [6.07, 6.45) is 11.3. The molecule has 0 saturated carbocycles. The maximum Gasteiger partial charge on any atom is 0.303 e. The minimum atomic E-state index is -1.08. The smallest absolute Gasteiger partial charge is 0.303 e.